The van der Waals surface area contributed by atoms with Crippen LogP contribution in [0.15, 0.2) is 6.33 Å². The maximum Gasteiger partial charge on any atom is 0.0952 e. The molecule has 0 aliphatic heterocycles. The zero-order chi connectivity index (χ0) is 10.6. The molecule has 80 valence electrons. The van der Waals surface area contributed by atoms with E-state index in [2.05, 4.69) is 4.98 Å². The van der Waals surface area contributed by atoms with Crippen LogP contribution in [0.2, 0.25) is 0 Å². The van der Waals surface area contributed by atoms with E-state index in [1.807, 2.05) is 25.3 Å². The van der Waals surface area contributed by atoms with E-state index in [1.165, 1.54) is 0 Å². The number of imidazole rings is 1. The average molecular weight is 198 g/mol. The Morgan fingerprint density at radius 2 is 2.29 bits per heavy atom. The summed E-state index contributed by atoms with van der Waals surface area (Å²) in [5.74, 6) is 0. The number of hydrogen-bond acceptors (Lipinski definition) is 3. The van der Waals surface area contributed by atoms with Crippen LogP contribution in [0.3, 0.4) is 0 Å². The number of ether oxygens (including phenoxy) is 1. The van der Waals surface area contributed by atoms with Gasteiger partial charge in [-0.2, -0.15) is 0 Å². The number of rotatable bonds is 5. The van der Waals surface area contributed by atoms with Crippen molar-refractivity contribution in [2.45, 2.75) is 33.4 Å². The van der Waals surface area contributed by atoms with Gasteiger partial charge in [0.2, 0.25) is 0 Å². The Morgan fingerprint density at radius 1 is 1.57 bits per heavy atom. The van der Waals surface area contributed by atoms with Crippen LogP contribution in [-0.2, 0) is 11.3 Å². The van der Waals surface area contributed by atoms with Crippen molar-refractivity contribution in [1.82, 2.24) is 9.55 Å². The summed E-state index contributed by atoms with van der Waals surface area (Å²) >= 11 is 0. The van der Waals surface area contributed by atoms with E-state index in [0.717, 1.165) is 11.4 Å². The van der Waals surface area contributed by atoms with Gasteiger partial charge in [0.1, 0.15) is 0 Å². The Morgan fingerprint density at radius 3 is 2.79 bits per heavy atom. The number of aliphatic hydroxyl groups excluding tert-OH is 1. The van der Waals surface area contributed by atoms with Gasteiger partial charge in [0.05, 0.1) is 31.3 Å². The maximum absolute atomic E-state index is 9.59. The highest BCUT2D eigenvalue weighted by Crippen LogP contribution is 2.05. The summed E-state index contributed by atoms with van der Waals surface area (Å²) in [6.45, 7) is 7.44. The van der Waals surface area contributed by atoms with Crippen molar-refractivity contribution in [3.63, 3.8) is 0 Å². The summed E-state index contributed by atoms with van der Waals surface area (Å²) < 4.78 is 7.07. The summed E-state index contributed by atoms with van der Waals surface area (Å²) in [5, 5.41) is 9.59. The van der Waals surface area contributed by atoms with Gasteiger partial charge in [0, 0.05) is 12.3 Å². The third-order valence-electron chi connectivity index (χ3n) is 2.27. The van der Waals surface area contributed by atoms with Gasteiger partial charge >= 0.3 is 0 Å². The highest BCUT2D eigenvalue weighted by molar-refractivity contribution is 5.08. The van der Waals surface area contributed by atoms with Crippen LogP contribution < -0.4 is 0 Å². The Balaban J connectivity index is 2.47. The molecule has 1 aromatic rings. The second-order valence-corrected chi connectivity index (χ2v) is 3.38. The zero-order valence-electron chi connectivity index (χ0n) is 9.03. The van der Waals surface area contributed by atoms with Crippen LogP contribution in [-0.4, -0.2) is 34.0 Å². The van der Waals surface area contributed by atoms with Crippen molar-refractivity contribution >= 4 is 0 Å². The summed E-state index contributed by atoms with van der Waals surface area (Å²) in [6.07, 6.45) is 1.29. The van der Waals surface area contributed by atoms with E-state index in [0.29, 0.717) is 19.8 Å². The highest BCUT2D eigenvalue weighted by atomic mass is 16.5. The molecule has 0 aliphatic carbocycles. The molecule has 0 amide bonds. The minimum absolute atomic E-state index is 0.382. The molecular weight excluding hydrogens is 180 g/mol. The lowest BCUT2D eigenvalue weighted by molar-refractivity contribution is 0.0332. The molecule has 1 atom stereocenters. The first-order chi connectivity index (χ1) is 6.65. The number of aryl methyl sites for hydroxylation is 1. The van der Waals surface area contributed by atoms with Crippen LogP contribution in [0.25, 0.3) is 0 Å². The molecule has 0 saturated heterocycles. The van der Waals surface area contributed by atoms with Crippen LogP contribution in [0.1, 0.15) is 18.3 Å². The predicted octanol–water partition coefficient (Wildman–Crippen LogP) is 0.897. The van der Waals surface area contributed by atoms with Crippen molar-refractivity contribution in [3.05, 3.63) is 17.7 Å². The van der Waals surface area contributed by atoms with Gasteiger partial charge in [-0.15, -0.1) is 0 Å². The summed E-state index contributed by atoms with van der Waals surface area (Å²) in [4.78, 5) is 4.16. The van der Waals surface area contributed by atoms with E-state index < -0.39 is 6.10 Å². The van der Waals surface area contributed by atoms with Gasteiger partial charge in [-0.05, 0) is 20.8 Å². The Hall–Kier alpha value is -0.870. The van der Waals surface area contributed by atoms with E-state index >= 15 is 0 Å². The second kappa shape index (κ2) is 5.12. The molecule has 0 fully saturated rings. The van der Waals surface area contributed by atoms with Crippen LogP contribution in [0.4, 0.5) is 0 Å². The summed E-state index contributed by atoms with van der Waals surface area (Å²) in [7, 11) is 0. The lowest BCUT2D eigenvalue weighted by Crippen LogP contribution is -2.22. The Bertz CT molecular complexity index is 284. The van der Waals surface area contributed by atoms with Gasteiger partial charge < -0.3 is 14.4 Å². The Kier molecular flexibility index (Phi) is 4.10. The minimum atomic E-state index is -0.456. The highest BCUT2D eigenvalue weighted by Gasteiger charge is 2.08. The van der Waals surface area contributed by atoms with Crippen LogP contribution in [0.5, 0.6) is 0 Å². The van der Waals surface area contributed by atoms with E-state index in [4.69, 9.17) is 4.74 Å². The fourth-order valence-electron chi connectivity index (χ4n) is 1.26. The molecule has 1 N–H and O–H groups in total. The fourth-order valence-corrected chi connectivity index (χ4v) is 1.26. The molecule has 14 heavy (non-hydrogen) atoms. The molecule has 0 saturated carbocycles. The quantitative estimate of drug-likeness (QED) is 0.764. The molecule has 4 nitrogen and oxygen atoms in total. The summed E-state index contributed by atoms with van der Waals surface area (Å²) in [5.41, 5.74) is 2.11. The molecule has 4 heteroatoms. The van der Waals surface area contributed by atoms with Crippen molar-refractivity contribution in [2.75, 3.05) is 13.2 Å². The van der Waals surface area contributed by atoms with Gasteiger partial charge in [-0.3, -0.25) is 0 Å². The van der Waals surface area contributed by atoms with Crippen molar-refractivity contribution in [2.24, 2.45) is 0 Å². The molecule has 1 heterocycles. The van der Waals surface area contributed by atoms with Crippen LogP contribution in [0, 0.1) is 13.8 Å². The molecule has 0 aromatic carbocycles. The smallest absolute Gasteiger partial charge is 0.0952 e. The van der Waals surface area contributed by atoms with Gasteiger partial charge in [-0.25, -0.2) is 4.98 Å². The standard InChI is InChI=1S/C10H18N2O2/c1-4-14-6-10(13)5-12-7-11-8(2)9(12)3/h7,10,13H,4-6H2,1-3H3. The molecule has 0 radical (unpaired) electrons. The zero-order valence-corrected chi connectivity index (χ0v) is 9.03. The first-order valence-electron chi connectivity index (χ1n) is 4.89. The number of aromatic nitrogens is 2. The molecule has 1 unspecified atom stereocenters. The monoisotopic (exact) mass is 198 g/mol. The number of aliphatic hydroxyl groups is 1. The molecule has 0 spiro atoms. The van der Waals surface area contributed by atoms with Crippen molar-refractivity contribution in [1.29, 1.82) is 0 Å². The van der Waals surface area contributed by atoms with E-state index in [1.54, 1.807) is 6.33 Å². The molecule has 1 aromatic heterocycles. The first-order valence-corrected chi connectivity index (χ1v) is 4.89. The first kappa shape index (κ1) is 11.2. The van der Waals surface area contributed by atoms with Gasteiger partial charge in [0.25, 0.3) is 0 Å². The lowest BCUT2D eigenvalue weighted by Gasteiger charge is -2.12. The molecule has 0 aliphatic rings. The minimum Gasteiger partial charge on any atom is -0.389 e. The summed E-state index contributed by atoms with van der Waals surface area (Å²) in [6, 6.07) is 0. The van der Waals surface area contributed by atoms with E-state index in [9.17, 15) is 5.11 Å². The van der Waals surface area contributed by atoms with Gasteiger partial charge in [0.15, 0.2) is 0 Å². The van der Waals surface area contributed by atoms with Crippen molar-refractivity contribution < 1.29 is 9.84 Å². The van der Waals surface area contributed by atoms with E-state index in [-0.39, 0.29) is 0 Å². The topological polar surface area (TPSA) is 47.3 Å². The second-order valence-electron chi connectivity index (χ2n) is 3.38. The predicted molar refractivity (Wildman–Crippen MR) is 54.2 cm³/mol. The fraction of sp³-hybridized carbons (Fsp3) is 0.700. The number of nitrogens with zero attached hydrogens (tertiary/aromatic N) is 2. The van der Waals surface area contributed by atoms with Crippen LogP contribution >= 0.6 is 0 Å². The third-order valence-corrected chi connectivity index (χ3v) is 2.27. The normalized spacial score (nSPS) is 13.1. The molecule has 0 bridgehead atoms. The molecular formula is C10H18N2O2. The Labute approximate surface area is 84.5 Å². The average Bonchev–Trinajstić information content (AvgIpc) is 2.46. The largest absolute Gasteiger partial charge is 0.389 e. The lowest BCUT2D eigenvalue weighted by atomic mass is 10.3. The van der Waals surface area contributed by atoms with Gasteiger partial charge in [-0.1, -0.05) is 0 Å². The number of hydrogen-bond donors (Lipinski definition) is 1. The maximum atomic E-state index is 9.59. The molecule has 1 rings (SSSR count). The van der Waals surface area contributed by atoms with Crippen molar-refractivity contribution in [3.8, 4) is 0 Å². The third kappa shape index (κ3) is 2.82. The SMILES string of the molecule is CCOCC(O)Cn1cnc(C)c1C.